The van der Waals surface area contributed by atoms with Crippen molar-refractivity contribution in [3.63, 3.8) is 0 Å². The van der Waals surface area contributed by atoms with Gasteiger partial charge in [0.15, 0.2) is 0 Å². The van der Waals surface area contributed by atoms with E-state index in [0.29, 0.717) is 30.1 Å². The van der Waals surface area contributed by atoms with Crippen molar-refractivity contribution >= 4 is 17.5 Å². The standard InChI is InChI=1S/C12H16ClFN2O/c1-8(7-15)12(17)16-5-4-9-6-10(13)2-3-11(9)14/h2-3,6,8H,4-5,7,15H2,1H3,(H,16,17). The Bertz CT molecular complexity index is 398. The zero-order valence-corrected chi connectivity index (χ0v) is 10.4. The van der Waals surface area contributed by atoms with Crippen LogP contribution < -0.4 is 11.1 Å². The van der Waals surface area contributed by atoms with Gasteiger partial charge in [-0.2, -0.15) is 0 Å². The molecule has 0 spiro atoms. The molecule has 0 bridgehead atoms. The maximum Gasteiger partial charge on any atom is 0.224 e. The van der Waals surface area contributed by atoms with E-state index in [4.69, 9.17) is 17.3 Å². The lowest BCUT2D eigenvalue weighted by molar-refractivity contribution is -0.124. The second kappa shape index (κ2) is 6.57. The molecule has 1 unspecified atom stereocenters. The first kappa shape index (κ1) is 13.9. The molecule has 17 heavy (non-hydrogen) atoms. The summed E-state index contributed by atoms with van der Waals surface area (Å²) in [4.78, 5) is 11.4. The van der Waals surface area contributed by atoms with E-state index in [2.05, 4.69) is 5.32 Å². The van der Waals surface area contributed by atoms with Crippen molar-refractivity contribution in [3.05, 3.63) is 34.6 Å². The molecule has 1 atom stereocenters. The molecular weight excluding hydrogens is 243 g/mol. The van der Waals surface area contributed by atoms with E-state index in [-0.39, 0.29) is 17.6 Å². The Morgan fingerprint density at radius 1 is 1.59 bits per heavy atom. The molecule has 94 valence electrons. The van der Waals surface area contributed by atoms with Gasteiger partial charge in [0.05, 0.1) is 0 Å². The summed E-state index contributed by atoms with van der Waals surface area (Å²) in [5.74, 6) is -0.648. The van der Waals surface area contributed by atoms with Gasteiger partial charge in [0.25, 0.3) is 0 Å². The Morgan fingerprint density at radius 2 is 2.29 bits per heavy atom. The number of carbonyl (C=O) groups is 1. The number of carbonyl (C=O) groups excluding carboxylic acids is 1. The summed E-state index contributed by atoms with van der Waals surface area (Å²) >= 11 is 5.76. The molecule has 0 saturated heterocycles. The minimum Gasteiger partial charge on any atom is -0.355 e. The molecule has 0 aliphatic rings. The van der Waals surface area contributed by atoms with Crippen LogP contribution in [0.15, 0.2) is 18.2 Å². The number of benzene rings is 1. The molecule has 0 heterocycles. The van der Waals surface area contributed by atoms with E-state index < -0.39 is 0 Å². The van der Waals surface area contributed by atoms with Crippen LogP contribution in [-0.2, 0) is 11.2 Å². The number of rotatable bonds is 5. The maximum absolute atomic E-state index is 13.3. The van der Waals surface area contributed by atoms with Crippen molar-refractivity contribution in [2.75, 3.05) is 13.1 Å². The van der Waals surface area contributed by atoms with Crippen molar-refractivity contribution in [2.45, 2.75) is 13.3 Å². The summed E-state index contributed by atoms with van der Waals surface area (Å²) in [5, 5.41) is 3.19. The molecule has 0 aliphatic carbocycles. The van der Waals surface area contributed by atoms with Crippen LogP contribution in [0.5, 0.6) is 0 Å². The van der Waals surface area contributed by atoms with E-state index >= 15 is 0 Å². The first-order valence-electron chi connectivity index (χ1n) is 5.46. The number of halogens is 2. The molecule has 1 aromatic rings. The van der Waals surface area contributed by atoms with Crippen molar-refractivity contribution < 1.29 is 9.18 Å². The van der Waals surface area contributed by atoms with Crippen LogP contribution in [0.4, 0.5) is 4.39 Å². The average Bonchev–Trinajstić information content (AvgIpc) is 2.32. The Kier molecular flexibility index (Phi) is 5.38. The van der Waals surface area contributed by atoms with E-state index in [9.17, 15) is 9.18 Å². The molecule has 0 aromatic heterocycles. The van der Waals surface area contributed by atoms with Crippen LogP contribution in [-0.4, -0.2) is 19.0 Å². The van der Waals surface area contributed by atoms with Gasteiger partial charge in [-0.3, -0.25) is 4.79 Å². The third-order valence-corrected chi connectivity index (χ3v) is 2.74. The molecule has 1 aromatic carbocycles. The van der Waals surface area contributed by atoms with E-state index in [1.165, 1.54) is 12.1 Å². The minimum absolute atomic E-state index is 0.116. The van der Waals surface area contributed by atoms with Crippen molar-refractivity contribution in [1.29, 1.82) is 0 Å². The Morgan fingerprint density at radius 3 is 2.94 bits per heavy atom. The SMILES string of the molecule is CC(CN)C(=O)NCCc1cc(Cl)ccc1F. The van der Waals surface area contributed by atoms with Gasteiger partial charge in [0.2, 0.25) is 5.91 Å². The molecule has 5 heteroatoms. The summed E-state index contributed by atoms with van der Waals surface area (Å²) in [6.07, 6.45) is 0.412. The summed E-state index contributed by atoms with van der Waals surface area (Å²) in [6, 6.07) is 4.38. The second-order valence-corrected chi connectivity index (χ2v) is 4.35. The highest BCUT2D eigenvalue weighted by molar-refractivity contribution is 6.30. The number of nitrogens with two attached hydrogens (primary N) is 1. The highest BCUT2D eigenvalue weighted by atomic mass is 35.5. The first-order valence-corrected chi connectivity index (χ1v) is 5.84. The lowest BCUT2D eigenvalue weighted by Crippen LogP contribution is -2.34. The molecule has 0 saturated carbocycles. The van der Waals surface area contributed by atoms with Crippen LogP contribution in [0.2, 0.25) is 5.02 Å². The third kappa shape index (κ3) is 4.32. The van der Waals surface area contributed by atoms with Crippen LogP contribution in [0.25, 0.3) is 0 Å². The normalized spacial score (nSPS) is 12.2. The molecule has 0 radical (unpaired) electrons. The topological polar surface area (TPSA) is 55.1 Å². The Hall–Kier alpha value is -1.13. The molecule has 1 amide bonds. The number of amides is 1. The van der Waals surface area contributed by atoms with Crippen LogP contribution in [0, 0.1) is 11.7 Å². The largest absolute Gasteiger partial charge is 0.355 e. The first-order chi connectivity index (χ1) is 8.04. The fraction of sp³-hybridized carbons (Fsp3) is 0.417. The highest BCUT2D eigenvalue weighted by Gasteiger charge is 2.10. The smallest absolute Gasteiger partial charge is 0.224 e. The van der Waals surface area contributed by atoms with Gasteiger partial charge in [-0.05, 0) is 30.2 Å². The number of hydrogen-bond acceptors (Lipinski definition) is 2. The highest BCUT2D eigenvalue weighted by Crippen LogP contribution is 2.14. The average molecular weight is 259 g/mol. The monoisotopic (exact) mass is 258 g/mol. The minimum atomic E-state index is -0.310. The van der Waals surface area contributed by atoms with Gasteiger partial charge in [-0.25, -0.2) is 4.39 Å². The molecular formula is C12H16ClFN2O. The number of hydrogen-bond donors (Lipinski definition) is 2. The van der Waals surface area contributed by atoms with Gasteiger partial charge in [-0.15, -0.1) is 0 Å². The van der Waals surface area contributed by atoms with Crippen LogP contribution in [0.3, 0.4) is 0 Å². The molecule has 3 nitrogen and oxygen atoms in total. The van der Waals surface area contributed by atoms with E-state index in [0.717, 1.165) is 0 Å². The second-order valence-electron chi connectivity index (χ2n) is 3.91. The van der Waals surface area contributed by atoms with Crippen molar-refractivity contribution in [2.24, 2.45) is 11.7 Å². The lowest BCUT2D eigenvalue weighted by Gasteiger charge is -2.10. The zero-order chi connectivity index (χ0) is 12.8. The van der Waals surface area contributed by atoms with Crippen molar-refractivity contribution in [3.8, 4) is 0 Å². The van der Waals surface area contributed by atoms with Gasteiger partial charge < -0.3 is 11.1 Å². The fourth-order valence-corrected chi connectivity index (χ4v) is 1.53. The van der Waals surface area contributed by atoms with Gasteiger partial charge >= 0.3 is 0 Å². The van der Waals surface area contributed by atoms with Gasteiger partial charge in [0, 0.05) is 24.0 Å². The van der Waals surface area contributed by atoms with E-state index in [1.807, 2.05) is 0 Å². The summed E-state index contributed by atoms with van der Waals surface area (Å²) in [6.45, 7) is 2.42. The van der Waals surface area contributed by atoms with E-state index in [1.54, 1.807) is 13.0 Å². The Labute approximate surface area is 105 Å². The number of nitrogens with one attached hydrogen (secondary N) is 1. The third-order valence-electron chi connectivity index (χ3n) is 2.50. The van der Waals surface area contributed by atoms with Crippen LogP contribution >= 0.6 is 11.6 Å². The van der Waals surface area contributed by atoms with Crippen LogP contribution in [0.1, 0.15) is 12.5 Å². The molecule has 0 fully saturated rings. The fourth-order valence-electron chi connectivity index (χ4n) is 1.34. The Balaban J connectivity index is 2.46. The molecule has 3 N–H and O–H groups in total. The van der Waals surface area contributed by atoms with Crippen molar-refractivity contribution in [1.82, 2.24) is 5.32 Å². The zero-order valence-electron chi connectivity index (χ0n) is 9.67. The van der Waals surface area contributed by atoms with Gasteiger partial charge in [-0.1, -0.05) is 18.5 Å². The van der Waals surface area contributed by atoms with Gasteiger partial charge in [0.1, 0.15) is 5.82 Å². The lowest BCUT2D eigenvalue weighted by atomic mass is 10.1. The summed E-state index contributed by atoms with van der Waals surface area (Å²) in [7, 11) is 0. The summed E-state index contributed by atoms with van der Waals surface area (Å²) < 4.78 is 13.3. The predicted octanol–water partition coefficient (Wildman–Crippen LogP) is 1.73. The maximum atomic E-state index is 13.3. The molecule has 1 rings (SSSR count). The summed E-state index contributed by atoms with van der Waals surface area (Å²) in [5.41, 5.74) is 5.86. The predicted molar refractivity (Wildman–Crippen MR) is 66.3 cm³/mol. The molecule has 0 aliphatic heterocycles. The quantitative estimate of drug-likeness (QED) is 0.845.